The number of hydrogen-bond donors (Lipinski definition) is 4. The van der Waals surface area contributed by atoms with Crippen molar-refractivity contribution in [2.24, 2.45) is 11.8 Å². The summed E-state index contributed by atoms with van der Waals surface area (Å²) in [4.78, 5) is 41.5. The van der Waals surface area contributed by atoms with E-state index in [0.29, 0.717) is 0 Å². The summed E-state index contributed by atoms with van der Waals surface area (Å²) in [5.74, 6) is -1.70. The lowest BCUT2D eigenvalue weighted by molar-refractivity contribution is -0.155. The molecule has 1 aromatic heterocycles. The number of carbonyl (C=O) groups is 3. The summed E-state index contributed by atoms with van der Waals surface area (Å²) in [5.41, 5.74) is 0.719. The minimum Gasteiger partial charge on any atom is -0.460 e. The maximum atomic E-state index is 12.7. The first-order valence-electron chi connectivity index (χ1n) is 12.1. The highest BCUT2D eigenvalue weighted by molar-refractivity contribution is 5.94. The Morgan fingerprint density at radius 1 is 1.14 bits per heavy atom. The van der Waals surface area contributed by atoms with Crippen LogP contribution in [0.15, 0.2) is 46.6 Å². The van der Waals surface area contributed by atoms with Crippen molar-refractivity contribution in [2.75, 3.05) is 6.54 Å². The number of aromatic nitrogens is 1. The summed E-state index contributed by atoms with van der Waals surface area (Å²) in [7, 11) is 0. The fraction of sp³-hybridized carbons (Fsp3) is 0.538. The van der Waals surface area contributed by atoms with Crippen molar-refractivity contribution >= 4 is 17.8 Å². The van der Waals surface area contributed by atoms with E-state index in [9.17, 15) is 24.6 Å². The van der Waals surface area contributed by atoms with Crippen LogP contribution in [0.5, 0.6) is 0 Å². The van der Waals surface area contributed by atoms with Gasteiger partial charge in [0.2, 0.25) is 5.91 Å². The van der Waals surface area contributed by atoms with E-state index in [0.717, 1.165) is 11.8 Å². The van der Waals surface area contributed by atoms with E-state index in [4.69, 9.17) is 9.15 Å². The molecule has 0 spiro atoms. The molecule has 0 fully saturated rings. The topological polar surface area (TPSA) is 151 Å². The van der Waals surface area contributed by atoms with E-state index in [1.165, 1.54) is 13.0 Å². The summed E-state index contributed by atoms with van der Waals surface area (Å²) in [6.45, 7) is 9.24. The lowest BCUT2D eigenvalue weighted by atomic mass is 9.94. The van der Waals surface area contributed by atoms with Gasteiger partial charge in [-0.2, -0.15) is 0 Å². The van der Waals surface area contributed by atoms with Gasteiger partial charge in [0.15, 0.2) is 11.6 Å². The molecule has 2 rings (SSSR count). The molecule has 0 aliphatic carbocycles. The van der Waals surface area contributed by atoms with Crippen LogP contribution in [-0.2, 0) is 20.7 Å². The van der Waals surface area contributed by atoms with Crippen LogP contribution in [0.3, 0.4) is 0 Å². The van der Waals surface area contributed by atoms with Crippen LogP contribution in [-0.4, -0.2) is 63.9 Å². The number of carbonyl (C=O) groups excluding carboxylic acids is 3. The van der Waals surface area contributed by atoms with Crippen LogP contribution in [0.2, 0.25) is 0 Å². The van der Waals surface area contributed by atoms with Gasteiger partial charge in [0.05, 0.1) is 18.6 Å². The van der Waals surface area contributed by atoms with Crippen LogP contribution in [0, 0.1) is 11.8 Å². The zero-order valence-corrected chi connectivity index (χ0v) is 21.4. The fourth-order valence-electron chi connectivity index (χ4n) is 3.73. The molecule has 2 bridgehead atoms. The number of cyclic esters (lactones) is 1. The fourth-order valence-corrected chi connectivity index (χ4v) is 3.73. The van der Waals surface area contributed by atoms with E-state index >= 15 is 0 Å². The lowest BCUT2D eigenvalue weighted by Gasteiger charge is -2.27. The highest BCUT2D eigenvalue weighted by atomic mass is 16.5. The molecule has 0 radical (unpaired) electrons. The molecule has 2 heterocycles. The average molecular weight is 504 g/mol. The summed E-state index contributed by atoms with van der Waals surface area (Å²) in [5, 5.41) is 25.8. The first-order chi connectivity index (χ1) is 17.0. The summed E-state index contributed by atoms with van der Waals surface area (Å²) < 4.78 is 10.9. The Labute approximate surface area is 211 Å². The Bertz CT molecular complexity index is 995. The molecule has 1 aromatic rings. The van der Waals surface area contributed by atoms with Gasteiger partial charge in [-0.1, -0.05) is 50.6 Å². The Balaban J connectivity index is 2.24. The molecule has 5 atom stereocenters. The monoisotopic (exact) mass is 503 g/mol. The largest absolute Gasteiger partial charge is 0.460 e. The molecule has 0 saturated heterocycles. The molecule has 36 heavy (non-hydrogen) atoms. The number of fused-ring (bicyclic) bond motifs is 2. The van der Waals surface area contributed by atoms with Gasteiger partial charge in [0.1, 0.15) is 18.4 Å². The second-order valence-corrected chi connectivity index (χ2v) is 9.40. The number of nitrogens with one attached hydrogen (secondary N) is 2. The Morgan fingerprint density at radius 3 is 2.56 bits per heavy atom. The smallest absolute Gasteiger partial charge is 0.328 e. The van der Waals surface area contributed by atoms with Crippen molar-refractivity contribution in [2.45, 2.75) is 71.8 Å². The predicted molar refractivity (Wildman–Crippen MR) is 133 cm³/mol. The number of amides is 2. The van der Waals surface area contributed by atoms with Gasteiger partial charge in [-0.25, -0.2) is 9.78 Å². The average Bonchev–Trinajstić information content (AvgIpc) is 3.25. The van der Waals surface area contributed by atoms with Crippen molar-refractivity contribution in [1.29, 1.82) is 0 Å². The Kier molecular flexibility index (Phi) is 11.1. The molecule has 10 heteroatoms. The van der Waals surface area contributed by atoms with E-state index in [1.54, 1.807) is 31.2 Å². The normalized spacial score (nSPS) is 30.9. The molecule has 2 amide bonds. The van der Waals surface area contributed by atoms with Gasteiger partial charge in [-0.15, -0.1) is 0 Å². The van der Waals surface area contributed by atoms with Gasteiger partial charge < -0.3 is 30.0 Å². The molecule has 1 aliphatic rings. The van der Waals surface area contributed by atoms with Crippen LogP contribution < -0.4 is 10.6 Å². The first-order valence-corrected chi connectivity index (χ1v) is 12.1. The number of oxazole rings is 1. The van der Waals surface area contributed by atoms with Crippen LogP contribution >= 0.6 is 0 Å². The van der Waals surface area contributed by atoms with Gasteiger partial charge in [-0.3, -0.25) is 9.59 Å². The minimum atomic E-state index is -0.959. The van der Waals surface area contributed by atoms with Crippen LogP contribution in [0.25, 0.3) is 0 Å². The van der Waals surface area contributed by atoms with E-state index < -0.39 is 36.2 Å². The van der Waals surface area contributed by atoms with Crippen LogP contribution in [0.4, 0.5) is 0 Å². The zero-order chi connectivity index (χ0) is 26.8. The number of esters is 1. The van der Waals surface area contributed by atoms with Gasteiger partial charge in [0, 0.05) is 18.9 Å². The van der Waals surface area contributed by atoms with Crippen LogP contribution in [0.1, 0.15) is 57.4 Å². The van der Waals surface area contributed by atoms with E-state index in [-0.39, 0.29) is 48.7 Å². The molecule has 198 valence electrons. The van der Waals surface area contributed by atoms with Crippen molar-refractivity contribution < 1.29 is 33.8 Å². The third-order valence-corrected chi connectivity index (χ3v) is 5.62. The SMILES string of the molecule is CC1=C\[C@@H](O)C[C@H](O)Cc2nc(co2)C(=O)N[C@H](C)C(=O)OC(C(C)C)[C@H](C)/C=C/C(=O)NC\C=C\1. The molecular formula is C26H37N3O7. The van der Waals surface area contributed by atoms with Crippen molar-refractivity contribution in [1.82, 2.24) is 15.6 Å². The van der Waals surface area contributed by atoms with Crippen molar-refractivity contribution in [3.05, 3.63) is 53.8 Å². The van der Waals surface area contributed by atoms with Gasteiger partial charge in [0.25, 0.3) is 5.91 Å². The standard InChI is InChI=1S/C26H37N3O7/c1-15(2)24-17(4)8-9-22(32)27-10-6-7-16(3)11-19(30)12-20(31)13-23-29-21(14-35-23)25(33)28-18(5)26(34)36-24/h6-9,11,14-15,17-20,24,30-31H,10,12-13H2,1-5H3,(H,27,32)(H,28,33)/b7-6+,9-8+,16-11+/t17-,18-,19-,20+,24?/m1/s1. The summed E-state index contributed by atoms with van der Waals surface area (Å²) in [6.07, 6.45) is 6.98. The molecule has 4 N–H and O–H groups in total. The quantitative estimate of drug-likeness (QED) is 0.424. The first kappa shape index (κ1) is 29.0. The molecule has 0 aromatic carbocycles. The second kappa shape index (κ2) is 13.7. The molecular weight excluding hydrogens is 466 g/mol. The number of allylic oxidation sites excluding steroid dienone is 2. The number of aliphatic hydroxyl groups excluding tert-OH is 2. The summed E-state index contributed by atoms with van der Waals surface area (Å²) >= 11 is 0. The highest BCUT2D eigenvalue weighted by Gasteiger charge is 2.28. The molecule has 0 saturated carbocycles. The summed E-state index contributed by atoms with van der Waals surface area (Å²) in [6, 6.07) is -0.956. The number of nitrogens with zero attached hydrogens (tertiary/aromatic N) is 1. The Morgan fingerprint density at radius 2 is 1.86 bits per heavy atom. The molecule has 1 aliphatic heterocycles. The van der Waals surface area contributed by atoms with Crippen molar-refractivity contribution in [3.63, 3.8) is 0 Å². The number of ether oxygens (including phenoxy) is 1. The number of aliphatic hydroxyl groups is 2. The van der Waals surface area contributed by atoms with Gasteiger partial charge in [-0.05, 0) is 25.8 Å². The predicted octanol–water partition coefficient (Wildman–Crippen LogP) is 1.84. The third kappa shape index (κ3) is 9.43. The molecule has 10 nitrogen and oxygen atoms in total. The van der Waals surface area contributed by atoms with E-state index in [1.807, 2.05) is 20.8 Å². The molecule has 1 unspecified atom stereocenters. The minimum absolute atomic E-state index is 0.00233. The van der Waals surface area contributed by atoms with Gasteiger partial charge >= 0.3 is 5.97 Å². The van der Waals surface area contributed by atoms with E-state index in [2.05, 4.69) is 15.6 Å². The Hall–Kier alpha value is -3.24. The maximum absolute atomic E-state index is 12.7. The number of hydrogen-bond acceptors (Lipinski definition) is 8. The number of rotatable bonds is 1. The second-order valence-electron chi connectivity index (χ2n) is 9.40. The van der Waals surface area contributed by atoms with Crippen molar-refractivity contribution in [3.8, 4) is 0 Å². The highest BCUT2D eigenvalue weighted by Crippen LogP contribution is 2.19. The zero-order valence-electron chi connectivity index (χ0n) is 21.4. The lowest BCUT2D eigenvalue weighted by Crippen LogP contribution is -2.42. The maximum Gasteiger partial charge on any atom is 0.328 e. The third-order valence-electron chi connectivity index (χ3n) is 5.62.